The van der Waals surface area contributed by atoms with E-state index in [-0.39, 0.29) is 11.5 Å². The van der Waals surface area contributed by atoms with Crippen LogP contribution < -0.4 is 0 Å². The average molecular weight is 212 g/mol. The Morgan fingerprint density at radius 3 is 2.43 bits per heavy atom. The van der Waals surface area contributed by atoms with Crippen molar-refractivity contribution in [2.75, 3.05) is 11.5 Å². The van der Waals surface area contributed by atoms with Gasteiger partial charge in [0.15, 0.2) is 9.84 Å². The molecule has 78 valence electrons. The van der Waals surface area contributed by atoms with Crippen molar-refractivity contribution in [3.63, 3.8) is 0 Å². The van der Waals surface area contributed by atoms with Crippen LogP contribution in [0, 0.1) is 24.2 Å². The van der Waals surface area contributed by atoms with Crippen LogP contribution in [0.5, 0.6) is 0 Å². The lowest BCUT2D eigenvalue weighted by Crippen LogP contribution is -2.07. The summed E-state index contributed by atoms with van der Waals surface area (Å²) in [5, 5.41) is 0. The Kier molecular flexibility index (Phi) is 6.98. The molecule has 0 radical (unpaired) electrons. The van der Waals surface area contributed by atoms with E-state index < -0.39 is 9.84 Å². The van der Waals surface area contributed by atoms with E-state index in [0.29, 0.717) is 0 Å². The summed E-state index contributed by atoms with van der Waals surface area (Å²) in [6, 6.07) is 0. The quantitative estimate of drug-likeness (QED) is 0.512. The van der Waals surface area contributed by atoms with Crippen molar-refractivity contribution in [2.24, 2.45) is 0 Å². The van der Waals surface area contributed by atoms with E-state index in [1.165, 1.54) is 0 Å². The predicted molar refractivity (Wildman–Crippen MR) is 59.4 cm³/mol. The van der Waals surface area contributed by atoms with Gasteiger partial charge in [0.05, 0.1) is 0 Å². The third-order valence-electron chi connectivity index (χ3n) is 1.63. The molecule has 0 heterocycles. The van der Waals surface area contributed by atoms with Crippen LogP contribution in [-0.4, -0.2) is 19.9 Å². The lowest BCUT2D eigenvalue weighted by Gasteiger charge is -1.91. The number of unbranched alkanes of at least 4 members (excludes halogenated alkanes) is 3. The number of hydrogen-bond donors (Lipinski definition) is 0. The molecule has 0 aromatic carbocycles. The number of hydrogen-bond acceptors (Lipinski definition) is 2. The van der Waals surface area contributed by atoms with Gasteiger partial charge in [0.2, 0.25) is 0 Å². The summed E-state index contributed by atoms with van der Waals surface area (Å²) in [5.74, 6) is 7.27. The van der Waals surface area contributed by atoms with Gasteiger partial charge < -0.3 is 0 Å². The summed E-state index contributed by atoms with van der Waals surface area (Å²) < 4.78 is 22.1. The molecule has 2 nitrogen and oxygen atoms in total. The second-order valence-corrected chi connectivity index (χ2v) is 5.11. The van der Waals surface area contributed by atoms with Gasteiger partial charge in [0.25, 0.3) is 0 Å². The molecule has 0 aliphatic rings. The van der Waals surface area contributed by atoms with Crippen molar-refractivity contribution in [1.29, 1.82) is 0 Å². The lowest BCUT2D eigenvalue weighted by atomic mass is 10.2. The van der Waals surface area contributed by atoms with Gasteiger partial charge in [-0.25, -0.2) is 8.42 Å². The lowest BCUT2D eigenvalue weighted by molar-refractivity contribution is 0.603. The first-order valence-electron chi connectivity index (χ1n) is 4.72. The monoisotopic (exact) mass is 212 g/mol. The van der Waals surface area contributed by atoms with Gasteiger partial charge in [-0.05, 0) is 6.42 Å². The highest BCUT2D eigenvalue weighted by Gasteiger charge is 2.04. The molecule has 0 rings (SSSR count). The Bertz CT molecular complexity index is 336. The van der Waals surface area contributed by atoms with Crippen molar-refractivity contribution in [1.82, 2.24) is 0 Å². The normalized spacial score (nSPS) is 10.0. The minimum atomic E-state index is -3.13. The SMILES string of the molecule is C#CCS(=O)(=O)CC#CCCCCC. The zero-order chi connectivity index (χ0) is 10.9. The third-order valence-corrected chi connectivity index (χ3v) is 2.82. The zero-order valence-corrected chi connectivity index (χ0v) is 9.36. The Labute approximate surface area is 87.0 Å². The van der Waals surface area contributed by atoms with E-state index in [4.69, 9.17) is 6.42 Å². The van der Waals surface area contributed by atoms with E-state index in [1.54, 1.807) is 0 Å². The molecule has 0 aliphatic heterocycles. The van der Waals surface area contributed by atoms with E-state index in [0.717, 1.165) is 25.7 Å². The fourth-order valence-corrected chi connectivity index (χ4v) is 1.57. The summed E-state index contributed by atoms with van der Waals surface area (Å²) in [5.41, 5.74) is 0. The van der Waals surface area contributed by atoms with Gasteiger partial charge in [-0.1, -0.05) is 31.6 Å². The van der Waals surface area contributed by atoms with E-state index in [2.05, 4.69) is 24.7 Å². The maximum atomic E-state index is 11.1. The standard InChI is InChI=1S/C11H16O2S/c1-3-5-6-7-8-9-11-14(12,13)10-4-2/h2H,3,5-7,10-11H2,1H3. The van der Waals surface area contributed by atoms with Crippen molar-refractivity contribution in [2.45, 2.75) is 32.6 Å². The molecular formula is C11H16O2S. The van der Waals surface area contributed by atoms with Crippen molar-refractivity contribution < 1.29 is 8.42 Å². The van der Waals surface area contributed by atoms with Crippen molar-refractivity contribution >= 4 is 9.84 Å². The molecule has 0 saturated carbocycles. The first kappa shape index (κ1) is 13.1. The molecule has 0 unspecified atom stereocenters. The number of sulfone groups is 1. The zero-order valence-electron chi connectivity index (χ0n) is 8.54. The molecule has 0 N–H and O–H groups in total. The topological polar surface area (TPSA) is 34.1 Å². The Morgan fingerprint density at radius 2 is 1.86 bits per heavy atom. The smallest absolute Gasteiger partial charge is 0.172 e. The Hall–Kier alpha value is -0.930. The summed E-state index contributed by atoms with van der Waals surface area (Å²) in [6.45, 7) is 2.12. The van der Waals surface area contributed by atoms with Crippen LogP contribution in [0.4, 0.5) is 0 Å². The van der Waals surface area contributed by atoms with Crippen molar-refractivity contribution in [3.8, 4) is 24.2 Å². The maximum absolute atomic E-state index is 11.1. The van der Waals surface area contributed by atoms with Crippen molar-refractivity contribution in [3.05, 3.63) is 0 Å². The van der Waals surface area contributed by atoms with Gasteiger partial charge in [-0.15, -0.1) is 12.3 Å². The first-order chi connectivity index (χ1) is 6.62. The molecule has 0 atom stereocenters. The highest BCUT2D eigenvalue weighted by molar-refractivity contribution is 7.91. The maximum Gasteiger partial charge on any atom is 0.172 e. The molecule has 0 fully saturated rings. The molecule has 0 bridgehead atoms. The van der Waals surface area contributed by atoms with Gasteiger partial charge in [0.1, 0.15) is 11.5 Å². The second kappa shape index (κ2) is 7.47. The average Bonchev–Trinajstić information content (AvgIpc) is 2.11. The van der Waals surface area contributed by atoms with Crippen LogP contribution >= 0.6 is 0 Å². The molecule has 14 heavy (non-hydrogen) atoms. The summed E-state index contributed by atoms with van der Waals surface area (Å²) in [6.07, 6.45) is 9.02. The summed E-state index contributed by atoms with van der Waals surface area (Å²) >= 11 is 0. The van der Waals surface area contributed by atoms with Crippen LogP contribution in [0.2, 0.25) is 0 Å². The van der Waals surface area contributed by atoms with Crippen LogP contribution in [0.1, 0.15) is 32.6 Å². The third kappa shape index (κ3) is 7.71. The fourth-order valence-electron chi connectivity index (χ4n) is 0.891. The molecule has 0 amide bonds. The number of rotatable bonds is 5. The summed E-state index contributed by atoms with van der Waals surface area (Å²) in [7, 11) is -3.13. The van der Waals surface area contributed by atoms with E-state index in [9.17, 15) is 8.42 Å². The molecule has 0 spiro atoms. The van der Waals surface area contributed by atoms with Crippen LogP contribution in [0.3, 0.4) is 0 Å². The molecule has 3 heteroatoms. The van der Waals surface area contributed by atoms with Crippen LogP contribution in [0.15, 0.2) is 0 Å². The summed E-state index contributed by atoms with van der Waals surface area (Å²) in [4.78, 5) is 0. The first-order valence-corrected chi connectivity index (χ1v) is 6.54. The van der Waals surface area contributed by atoms with Crippen LogP contribution in [-0.2, 0) is 9.84 Å². The minimum absolute atomic E-state index is 0.108. The van der Waals surface area contributed by atoms with E-state index >= 15 is 0 Å². The second-order valence-electron chi connectivity index (χ2n) is 3.05. The molecule has 0 aromatic heterocycles. The molecular weight excluding hydrogens is 196 g/mol. The molecule has 0 aliphatic carbocycles. The molecule has 0 aromatic rings. The largest absolute Gasteiger partial charge is 0.227 e. The van der Waals surface area contributed by atoms with Gasteiger partial charge in [-0.2, -0.15) is 0 Å². The highest BCUT2D eigenvalue weighted by Crippen LogP contribution is 1.96. The Morgan fingerprint density at radius 1 is 1.14 bits per heavy atom. The molecule has 0 saturated heterocycles. The van der Waals surface area contributed by atoms with Gasteiger partial charge >= 0.3 is 0 Å². The Balaban J connectivity index is 3.76. The highest BCUT2D eigenvalue weighted by atomic mass is 32.2. The fraction of sp³-hybridized carbons (Fsp3) is 0.636. The van der Waals surface area contributed by atoms with Crippen LogP contribution in [0.25, 0.3) is 0 Å². The van der Waals surface area contributed by atoms with Gasteiger partial charge in [0, 0.05) is 6.42 Å². The van der Waals surface area contributed by atoms with Gasteiger partial charge in [-0.3, -0.25) is 0 Å². The minimum Gasteiger partial charge on any atom is -0.227 e. The predicted octanol–water partition coefficient (Wildman–Crippen LogP) is 1.62. The van der Waals surface area contributed by atoms with E-state index in [1.807, 2.05) is 0 Å². The number of terminal acetylenes is 1.